The number of benzene rings is 1. The Balaban J connectivity index is 2.45. The number of aliphatic hydroxyl groups is 1. The molecule has 0 bridgehead atoms. The van der Waals surface area contributed by atoms with Crippen molar-refractivity contribution in [1.29, 1.82) is 0 Å². The number of hydrogen-bond acceptors (Lipinski definition) is 3. The fourth-order valence-electron chi connectivity index (χ4n) is 1.98. The molecule has 1 aromatic rings. The molecule has 0 amide bonds. The Kier molecular flexibility index (Phi) is 6.90. The van der Waals surface area contributed by atoms with Crippen molar-refractivity contribution < 1.29 is 5.11 Å². The molecule has 0 heterocycles. The maximum absolute atomic E-state index is 9.51. The van der Waals surface area contributed by atoms with E-state index < -0.39 is 0 Å². The van der Waals surface area contributed by atoms with Gasteiger partial charge in [-0.25, -0.2) is 0 Å². The monoisotopic (exact) mass is 281 g/mol. The predicted molar refractivity (Wildman–Crippen MR) is 85.0 cm³/mol. The van der Waals surface area contributed by atoms with E-state index >= 15 is 0 Å². The van der Waals surface area contributed by atoms with Crippen LogP contribution in [0, 0.1) is 13.8 Å². The van der Waals surface area contributed by atoms with Gasteiger partial charge in [-0.2, -0.15) is 0 Å². The van der Waals surface area contributed by atoms with Crippen LogP contribution < -0.4 is 0 Å². The van der Waals surface area contributed by atoms with Gasteiger partial charge in [0, 0.05) is 29.8 Å². The highest BCUT2D eigenvalue weighted by Crippen LogP contribution is 2.21. The number of aliphatic hydroxyl groups excluding tert-OH is 1. The molecule has 0 aromatic heterocycles. The zero-order chi connectivity index (χ0) is 14.4. The van der Waals surface area contributed by atoms with Gasteiger partial charge in [-0.1, -0.05) is 6.07 Å². The highest BCUT2D eigenvalue weighted by Gasteiger charge is 2.11. The maximum atomic E-state index is 9.51. The van der Waals surface area contributed by atoms with Crippen LogP contribution in [0.15, 0.2) is 23.1 Å². The smallest absolute Gasteiger partial charge is 0.0639 e. The molecule has 1 N–H and O–H groups in total. The summed E-state index contributed by atoms with van der Waals surface area (Å²) >= 11 is 1.89. The molecule has 0 saturated heterocycles. The molecule has 1 unspecified atom stereocenters. The van der Waals surface area contributed by atoms with Crippen molar-refractivity contribution in [3.63, 3.8) is 0 Å². The van der Waals surface area contributed by atoms with Crippen LogP contribution in [-0.4, -0.2) is 41.0 Å². The fraction of sp³-hybridized carbons (Fsp3) is 0.625. The van der Waals surface area contributed by atoms with Crippen LogP contribution in [0.4, 0.5) is 0 Å². The van der Waals surface area contributed by atoms with E-state index in [-0.39, 0.29) is 6.10 Å². The number of hydrogen-bond donors (Lipinski definition) is 1. The lowest BCUT2D eigenvalue weighted by atomic mass is 10.1. The van der Waals surface area contributed by atoms with Gasteiger partial charge in [0.15, 0.2) is 0 Å². The van der Waals surface area contributed by atoms with E-state index in [2.05, 4.69) is 50.8 Å². The minimum absolute atomic E-state index is 0.256. The molecule has 0 radical (unpaired) electrons. The van der Waals surface area contributed by atoms with Crippen LogP contribution in [0.2, 0.25) is 0 Å². The summed E-state index contributed by atoms with van der Waals surface area (Å²) in [7, 11) is 0. The highest BCUT2D eigenvalue weighted by molar-refractivity contribution is 7.99. The summed E-state index contributed by atoms with van der Waals surface area (Å²) in [5, 5.41) is 9.51. The van der Waals surface area contributed by atoms with Gasteiger partial charge in [0.05, 0.1) is 6.10 Å². The lowest BCUT2D eigenvalue weighted by Gasteiger charge is -2.27. The molecule has 1 atom stereocenters. The summed E-state index contributed by atoms with van der Waals surface area (Å²) in [5.74, 6) is 1.06. The van der Waals surface area contributed by atoms with E-state index in [1.54, 1.807) is 0 Å². The molecule has 0 aliphatic heterocycles. The van der Waals surface area contributed by atoms with Crippen LogP contribution in [0.1, 0.15) is 31.9 Å². The van der Waals surface area contributed by atoms with Crippen molar-refractivity contribution in [2.24, 2.45) is 0 Å². The average molecular weight is 281 g/mol. The zero-order valence-electron chi connectivity index (χ0n) is 12.8. The summed E-state index contributed by atoms with van der Waals surface area (Å²) < 4.78 is 0. The van der Waals surface area contributed by atoms with E-state index in [0.717, 1.165) is 18.8 Å². The Hall–Kier alpha value is -0.510. The molecular weight excluding hydrogens is 254 g/mol. The predicted octanol–water partition coefficient (Wildman–Crippen LogP) is 3.49. The van der Waals surface area contributed by atoms with Crippen LogP contribution in [-0.2, 0) is 0 Å². The van der Waals surface area contributed by atoms with E-state index in [4.69, 9.17) is 0 Å². The first-order chi connectivity index (χ1) is 8.90. The molecule has 1 aromatic carbocycles. The largest absolute Gasteiger partial charge is 0.392 e. The van der Waals surface area contributed by atoms with E-state index in [9.17, 15) is 5.11 Å². The van der Waals surface area contributed by atoms with Crippen molar-refractivity contribution in [3.05, 3.63) is 29.3 Å². The molecule has 0 aliphatic carbocycles. The number of rotatable bonds is 7. The number of aryl methyl sites for hydroxylation is 2. The Bertz CT molecular complexity index is 390. The Labute approximate surface area is 122 Å². The summed E-state index contributed by atoms with van der Waals surface area (Å²) in [6, 6.07) is 7.12. The third-order valence-electron chi connectivity index (χ3n) is 3.35. The maximum Gasteiger partial charge on any atom is 0.0639 e. The molecule has 2 nitrogen and oxygen atoms in total. The van der Waals surface area contributed by atoms with E-state index in [0.29, 0.717) is 6.04 Å². The molecule has 0 aliphatic rings. The van der Waals surface area contributed by atoms with Gasteiger partial charge in [0.1, 0.15) is 0 Å². The Morgan fingerprint density at radius 3 is 2.37 bits per heavy atom. The Morgan fingerprint density at radius 1 is 1.16 bits per heavy atom. The van der Waals surface area contributed by atoms with Gasteiger partial charge in [-0.3, -0.25) is 4.90 Å². The molecule has 0 fully saturated rings. The fourth-order valence-corrected chi connectivity index (χ4v) is 2.97. The second kappa shape index (κ2) is 7.93. The summed E-state index contributed by atoms with van der Waals surface area (Å²) in [5.41, 5.74) is 2.71. The van der Waals surface area contributed by atoms with E-state index in [1.165, 1.54) is 16.0 Å². The van der Waals surface area contributed by atoms with Crippen LogP contribution in [0.5, 0.6) is 0 Å². The normalized spacial score (nSPS) is 13.3. The van der Waals surface area contributed by atoms with Crippen LogP contribution in [0.3, 0.4) is 0 Å². The lowest BCUT2D eigenvalue weighted by molar-refractivity contribution is 0.112. The highest BCUT2D eigenvalue weighted by atomic mass is 32.2. The lowest BCUT2D eigenvalue weighted by Crippen LogP contribution is -2.38. The second-order valence-electron chi connectivity index (χ2n) is 5.53. The third kappa shape index (κ3) is 5.98. The SMILES string of the molecule is Cc1ccc(SCCN(CC(C)O)C(C)C)cc1C. The second-order valence-corrected chi connectivity index (χ2v) is 6.70. The van der Waals surface area contributed by atoms with Gasteiger partial charge in [-0.05, 0) is 57.9 Å². The summed E-state index contributed by atoms with van der Waals surface area (Å²) in [6.07, 6.45) is -0.256. The standard InChI is InChI=1S/C16H27NOS/c1-12(2)17(11-15(5)18)8-9-19-16-7-6-13(3)14(4)10-16/h6-7,10,12,15,18H,8-9,11H2,1-5H3. The first-order valence-corrected chi connectivity index (χ1v) is 8.01. The summed E-state index contributed by atoms with van der Waals surface area (Å²) in [6.45, 7) is 12.3. The Morgan fingerprint density at radius 2 is 1.84 bits per heavy atom. The minimum atomic E-state index is -0.256. The molecule has 1 rings (SSSR count). The van der Waals surface area contributed by atoms with Gasteiger partial charge < -0.3 is 5.11 Å². The van der Waals surface area contributed by atoms with Crippen molar-refractivity contribution >= 4 is 11.8 Å². The van der Waals surface area contributed by atoms with E-state index in [1.807, 2.05) is 18.7 Å². The van der Waals surface area contributed by atoms with Crippen molar-refractivity contribution in [3.8, 4) is 0 Å². The van der Waals surface area contributed by atoms with Gasteiger partial charge in [-0.15, -0.1) is 11.8 Å². The third-order valence-corrected chi connectivity index (χ3v) is 4.33. The first-order valence-electron chi connectivity index (χ1n) is 7.02. The average Bonchev–Trinajstić information content (AvgIpc) is 2.31. The molecule has 19 heavy (non-hydrogen) atoms. The van der Waals surface area contributed by atoms with Crippen LogP contribution in [0.25, 0.3) is 0 Å². The van der Waals surface area contributed by atoms with Crippen LogP contribution >= 0.6 is 11.8 Å². The molecule has 0 saturated carbocycles. The topological polar surface area (TPSA) is 23.5 Å². The van der Waals surface area contributed by atoms with Crippen molar-refractivity contribution in [2.75, 3.05) is 18.8 Å². The molecule has 0 spiro atoms. The minimum Gasteiger partial charge on any atom is -0.392 e. The number of thioether (sulfide) groups is 1. The van der Waals surface area contributed by atoms with Gasteiger partial charge >= 0.3 is 0 Å². The molecule has 3 heteroatoms. The molecule has 108 valence electrons. The van der Waals surface area contributed by atoms with Crippen molar-refractivity contribution in [1.82, 2.24) is 4.90 Å². The molecular formula is C16H27NOS. The van der Waals surface area contributed by atoms with Crippen molar-refractivity contribution in [2.45, 2.75) is 51.7 Å². The van der Waals surface area contributed by atoms with Gasteiger partial charge in [0.25, 0.3) is 0 Å². The van der Waals surface area contributed by atoms with Gasteiger partial charge in [0.2, 0.25) is 0 Å². The quantitative estimate of drug-likeness (QED) is 0.774. The zero-order valence-corrected chi connectivity index (χ0v) is 13.6. The summed E-state index contributed by atoms with van der Waals surface area (Å²) in [4.78, 5) is 3.67. The number of nitrogens with zero attached hydrogens (tertiary/aromatic N) is 1. The first kappa shape index (κ1) is 16.5.